The van der Waals surface area contributed by atoms with Crippen molar-refractivity contribution in [3.63, 3.8) is 0 Å². The molecule has 1 aromatic rings. The Hall–Kier alpha value is -0.0300. The van der Waals surface area contributed by atoms with Gasteiger partial charge < -0.3 is 5.32 Å². The van der Waals surface area contributed by atoms with Gasteiger partial charge in [-0.1, -0.05) is 0 Å². The normalized spacial score (nSPS) is 13.9. The number of nitrogens with one attached hydrogen (secondary N) is 1. The van der Waals surface area contributed by atoms with E-state index in [0.29, 0.717) is 6.04 Å². The van der Waals surface area contributed by atoms with Crippen LogP contribution in [-0.4, -0.2) is 35.5 Å². The van der Waals surface area contributed by atoms with E-state index in [2.05, 4.69) is 63.3 Å². The van der Waals surface area contributed by atoms with Gasteiger partial charge in [0.15, 0.2) is 0 Å². The summed E-state index contributed by atoms with van der Waals surface area (Å²) in [5, 5.41) is 3.55. The third kappa shape index (κ3) is 7.11. The summed E-state index contributed by atoms with van der Waals surface area (Å²) < 4.78 is 0. The first kappa shape index (κ1) is 18.0. The smallest absolute Gasteiger partial charge is 0.0327 e. The van der Waals surface area contributed by atoms with Gasteiger partial charge in [0.1, 0.15) is 0 Å². The van der Waals surface area contributed by atoms with Gasteiger partial charge in [-0.3, -0.25) is 4.90 Å². The molecule has 0 bridgehead atoms. The summed E-state index contributed by atoms with van der Waals surface area (Å²) in [6.45, 7) is 11.0. The van der Waals surface area contributed by atoms with E-state index in [-0.39, 0.29) is 5.54 Å². The van der Waals surface area contributed by atoms with Crippen LogP contribution in [0.5, 0.6) is 0 Å². The Bertz CT molecular complexity index is 382. The average molecular weight is 315 g/mol. The molecule has 0 amide bonds. The van der Waals surface area contributed by atoms with Crippen LogP contribution in [0.4, 0.5) is 0 Å². The molecule has 0 aliphatic heterocycles. The van der Waals surface area contributed by atoms with Crippen molar-refractivity contribution in [2.75, 3.05) is 19.1 Å². The molecule has 2 nitrogen and oxygen atoms in total. The first-order chi connectivity index (χ1) is 9.31. The van der Waals surface area contributed by atoms with Gasteiger partial charge in [0, 0.05) is 34.4 Å². The molecule has 1 heterocycles. The molecule has 0 aliphatic carbocycles. The largest absolute Gasteiger partial charge is 0.307 e. The zero-order valence-electron chi connectivity index (χ0n) is 13.8. The molecule has 0 radical (unpaired) electrons. The Labute approximate surface area is 133 Å². The Morgan fingerprint density at radius 1 is 1.30 bits per heavy atom. The number of thiophene rings is 1. The molecule has 0 saturated heterocycles. The molecule has 1 rings (SSSR count). The van der Waals surface area contributed by atoms with Crippen molar-refractivity contribution < 1.29 is 0 Å². The number of thioether (sulfide) groups is 1. The number of hydrogen-bond acceptors (Lipinski definition) is 4. The average Bonchev–Trinajstić information content (AvgIpc) is 2.80. The monoisotopic (exact) mass is 314 g/mol. The highest BCUT2D eigenvalue weighted by molar-refractivity contribution is 7.98. The SMILES string of the molecule is CSCCC(C)N(C)Cc1ccc(CNC(C)(C)C)s1. The molecule has 0 aromatic carbocycles. The first-order valence-electron chi connectivity index (χ1n) is 7.33. The predicted octanol–water partition coefficient (Wildman–Crippen LogP) is 4.21. The molecular formula is C16H30N2S2. The van der Waals surface area contributed by atoms with Crippen molar-refractivity contribution in [1.82, 2.24) is 10.2 Å². The second kappa shape index (κ2) is 8.42. The lowest BCUT2D eigenvalue weighted by Crippen LogP contribution is -2.34. The summed E-state index contributed by atoms with van der Waals surface area (Å²) in [4.78, 5) is 5.36. The van der Waals surface area contributed by atoms with E-state index in [9.17, 15) is 0 Å². The summed E-state index contributed by atoms with van der Waals surface area (Å²) in [6, 6.07) is 5.20. The van der Waals surface area contributed by atoms with Crippen LogP contribution < -0.4 is 5.32 Å². The summed E-state index contributed by atoms with van der Waals surface area (Å²) >= 11 is 3.87. The van der Waals surface area contributed by atoms with Crippen LogP contribution in [0.15, 0.2) is 12.1 Å². The van der Waals surface area contributed by atoms with E-state index in [4.69, 9.17) is 0 Å². The fourth-order valence-electron chi connectivity index (χ4n) is 1.87. The molecular weight excluding hydrogens is 284 g/mol. The molecule has 1 N–H and O–H groups in total. The Morgan fingerprint density at radius 2 is 1.95 bits per heavy atom. The summed E-state index contributed by atoms with van der Waals surface area (Å²) in [5.41, 5.74) is 0.188. The van der Waals surface area contributed by atoms with Crippen LogP contribution in [0.3, 0.4) is 0 Å². The zero-order valence-corrected chi connectivity index (χ0v) is 15.5. The lowest BCUT2D eigenvalue weighted by atomic mass is 10.1. The molecule has 20 heavy (non-hydrogen) atoms. The lowest BCUT2D eigenvalue weighted by Gasteiger charge is -2.23. The predicted molar refractivity (Wildman–Crippen MR) is 94.8 cm³/mol. The summed E-state index contributed by atoms with van der Waals surface area (Å²) in [6.07, 6.45) is 3.45. The van der Waals surface area contributed by atoms with Gasteiger partial charge in [0.2, 0.25) is 0 Å². The van der Waals surface area contributed by atoms with Gasteiger partial charge >= 0.3 is 0 Å². The zero-order chi connectivity index (χ0) is 15.2. The second-order valence-corrected chi connectivity index (χ2v) is 8.76. The fraction of sp³-hybridized carbons (Fsp3) is 0.750. The van der Waals surface area contributed by atoms with Crippen LogP contribution in [0.25, 0.3) is 0 Å². The topological polar surface area (TPSA) is 15.3 Å². The molecule has 1 unspecified atom stereocenters. The van der Waals surface area contributed by atoms with Crippen LogP contribution in [0.2, 0.25) is 0 Å². The van der Waals surface area contributed by atoms with E-state index in [0.717, 1.165) is 13.1 Å². The standard InChI is InChI=1S/C16H30N2S2/c1-13(9-10-19-6)18(5)12-15-8-7-14(20-15)11-17-16(2,3)4/h7-8,13,17H,9-12H2,1-6H3. The number of hydrogen-bond donors (Lipinski definition) is 1. The van der Waals surface area contributed by atoms with Crippen LogP contribution in [0, 0.1) is 0 Å². The highest BCUT2D eigenvalue weighted by Gasteiger charge is 2.12. The maximum Gasteiger partial charge on any atom is 0.0327 e. The highest BCUT2D eigenvalue weighted by Crippen LogP contribution is 2.20. The van der Waals surface area contributed by atoms with Gasteiger partial charge in [-0.2, -0.15) is 11.8 Å². The summed E-state index contributed by atoms with van der Waals surface area (Å²) in [5.74, 6) is 1.25. The second-order valence-electron chi connectivity index (χ2n) is 6.52. The Morgan fingerprint density at radius 3 is 2.55 bits per heavy atom. The molecule has 1 aromatic heterocycles. The molecule has 0 spiro atoms. The maximum atomic E-state index is 3.55. The minimum atomic E-state index is 0.188. The number of nitrogens with zero attached hydrogens (tertiary/aromatic N) is 1. The van der Waals surface area contributed by atoms with E-state index >= 15 is 0 Å². The van der Waals surface area contributed by atoms with Crippen molar-refractivity contribution in [2.45, 2.75) is 58.8 Å². The van der Waals surface area contributed by atoms with E-state index in [1.54, 1.807) is 0 Å². The molecule has 116 valence electrons. The lowest BCUT2D eigenvalue weighted by molar-refractivity contribution is 0.247. The van der Waals surface area contributed by atoms with Crippen molar-refractivity contribution in [3.8, 4) is 0 Å². The number of rotatable bonds is 8. The van der Waals surface area contributed by atoms with Gasteiger partial charge in [-0.25, -0.2) is 0 Å². The van der Waals surface area contributed by atoms with Crippen molar-refractivity contribution in [1.29, 1.82) is 0 Å². The van der Waals surface area contributed by atoms with Crippen molar-refractivity contribution in [3.05, 3.63) is 21.9 Å². The van der Waals surface area contributed by atoms with E-state index in [1.807, 2.05) is 23.1 Å². The molecule has 0 aliphatic rings. The maximum absolute atomic E-state index is 3.55. The van der Waals surface area contributed by atoms with Crippen LogP contribution >= 0.6 is 23.1 Å². The van der Waals surface area contributed by atoms with Crippen molar-refractivity contribution >= 4 is 23.1 Å². The van der Waals surface area contributed by atoms with E-state index < -0.39 is 0 Å². The minimum absolute atomic E-state index is 0.188. The first-order valence-corrected chi connectivity index (χ1v) is 9.54. The Balaban J connectivity index is 2.43. The molecule has 0 fully saturated rings. The van der Waals surface area contributed by atoms with Gasteiger partial charge in [0.25, 0.3) is 0 Å². The van der Waals surface area contributed by atoms with Gasteiger partial charge in [-0.15, -0.1) is 11.3 Å². The van der Waals surface area contributed by atoms with Gasteiger partial charge in [-0.05, 0) is 65.3 Å². The molecule has 0 saturated carbocycles. The van der Waals surface area contributed by atoms with Crippen molar-refractivity contribution in [2.24, 2.45) is 0 Å². The third-order valence-corrected chi connectivity index (χ3v) is 5.12. The fourth-order valence-corrected chi connectivity index (χ4v) is 3.46. The van der Waals surface area contributed by atoms with E-state index in [1.165, 1.54) is 21.9 Å². The summed E-state index contributed by atoms with van der Waals surface area (Å²) in [7, 11) is 2.23. The quantitative estimate of drug-likeness (QED) is 0.774. The molecule has 1 atom stereocenters. The van der Waals surface area contributed by atoms with Gasteiger partial charge in [0.05, 0.1) is 0 Å². The minimum Gasteiger partial charge on any atom is -0.307 e. The highest BCUT2D eigenvalue weighted by atomic mass is 32.2. The van der Waals surface area contributed by atoms with Crippen LogP contribution in [-0.2, 0) is 13.1 Å². The molecule has 4 heteroatoms. The van der Waals surface area contributed by atoms with Crippen LogP contribution in [0.1, 0.15) is 43.9 Å². The Kier molecular flexibility index (Phi) is 7.59. The third-order valence-electron chi connectivity index (χ3n) is 3.41.